The van der Waals surface area contributed by atoms with Crippen molar-refractivity contribution in [2.24, 2.45) is 0 Å². The molecule has 2 amide bonds. The molecule has 0 radical (unpaired) electrons. The molecule has 8 heteroatoms. The second-order valence-electron chi connectivity index (χ2n) is 5.98. The van der Waals surface area contributed by atoms with Crippen LogP contribution in [0.2, 0.25) is 0 Å². The number of hydrogen-bond acceptors (Lipinski definition) is 6. The number of pyridine rings is 1. The van der Waals surface area contributed by atoms with Crippen molar-refractivity contribution in [1.82, 2.24) is 15.2 Å². The first-order valence-corrected chi connectivity index (χ1v) is 8.43. The first-order valence-electron chi connectivity index (χ1n) is 8.43. The molecule has 1 fully saturated rings. The highest BCUT2D eigenvalue weighted by Gasteiger charge is 2.38. The van der Waals surface area contributed by atoms with Crippen molar-refractivity contribution in [2.45, 2.75) is 19.1 Å². The lowest BCUT2D eigenvalue weighted by molar-refractivity contribution is -0.125. The van der Waals surface area contributed by atoms with Gasteiger partial charge in [0.2, 0.25) is 5.91 Å². The third-order valence-electron chi connectivity index (χ3n) is 4.21. The monoisotopic (exact) mass is 371 g/mol. The molecule has 3 rings (SSSR count). The molecule has 2 heterocycles. The fourth-order valence-corrected chi connectivity index (χ4v) is 2.78. The van der Waals surface area contributed by atoms with Gasteiger partial charge in [0.15, 0.2) is 0 Å². The average molecular weight is 371 g/mol. The highest BCUT2D eigenvalue weighted by molar-refractivity contribution is 5.87. The van der Waals surface area contributed by atoms with Crippen molar-refractivity contribution in [3.63, 3.8) is 0 Å². The minimum Gasteiger partial charge on any atom is -0.497 e. The van der Waals surface area contributed by atoms with Crippen LogP contribution in [0, 0.1) is 0 Å². The maximum Gasteiger partial charge on any atom is 0.411 e. The van der Waals surface area contributed by atoms with Gasteiger partial charge in [-0.2, -0.15) is 0 Å². The summed E-state index contributed by atoms with van der Waals surface area (Å²) in [7, 11) is 3.13. The van der Waals surface area contributed by atoms with Gasteiger partial charge in [-0.3, -0.25) is 14.7 Å². The van der Waals surface area contributed by atoms with Crippen LogP contribution in [0.4, 0.5) is 4.79 Å². The van der Waals surface area contributed by atoms with Crippen molar-refractivity contribution in [1.29, 1.82) is 0 Å². The van der Waals surface area contributed by atoms with Crippen LogP contribution in [0.3, 0.4) is 0 Å². The second kappa shape index (κ2) is 8.39. The molecule has 1 N–H and O–H groups in total. The Balaban J connectivity index is 1.65. The highest BCUT2D eigenvalue weighted by Crippen LogP contribution is 2.22. The first-order chi connectivity index (χ1) is 13.1. The molecule has 1 aromatic carbocycles. The maximum absolute atomic E-state index is 12.6. The van der Waals surface area contributed by atoms with E-state index in [2.05, 4.69) is 10.3 Å². The fourth-order valence-electron chi connectivity index (χ4n) is 2.78. The van der Waals surface area contributed by atoms with E-state index in [4.69, 9.17) is 14.2 Å². The standard InChI is InChI=1S/C19H21N3O5/c1-25-15-7-13(8-16(9-15)26-2)10-21-18(23)17-12-27-19(24)22(17)11-14-5-3-4-6-20-14/h3-9,17H,10-12H2,1-2H3,(H,21,23)/t17-/m0/s1. The smallest absolute Gasteiger partial charge is 0.411 e. The lowest BCUT2D eigenvalue weighted by atomic mass is 10.2. The number of carbonyl (C=O) groups excluding carboxylic acids is 2. The van der Waals surface area contributed by atoms with Crippen LogP contribution in [0.1, 0.15) is 11.3 Å². The first kappa shape index (κ1) is 18.5. The van der Waals surface area contributed by atoms with Crippen LogP contribution in [0.25, 0.3) is 0 Å². The van der Waals surface area contributed by atoms with Crippen molar-refractivity contribution >= 4 is 12.0 Å². The van der Waals surface area contributed by atoms with E-state index in [9.17, 15) is 9.59 Å². The molecule has 2 aromatic rings. The summed E-state index contributed by atoms with van der Waals surface area (Å²) in [5.74, 6) is 0.975. The van der Waals surface area contributed by atoms with E-state index in [1.54, 1.807) is 38.6 Å². The third kappa shape index (κ3) is 4.46. The number of aromatic nitrogens is 1. The van der Waals surface area contributed by atoms with Crippen LogP contribution in [0.15, 0.2) is 42.6 Å². The van der Waals surface area contributed by atoms with Gasteiger partial charge in [0.05, 0.1) is 26.5 Å². The molecule has 0 unspecified atom stereocenters. The van der Waals surface area contributed by atoms with Crippen LogP contribution in [-0.2, 0) is 22.6 Å². The largest absolute Gasteiger partial charge is 0.497 e. The third-order valence-corrected chi connectivity index (χ3v) is 4.21. The second-order valence-corrected chi connectivity index (χ2v) is 5.98. The Labute approximate surface area is 157 Å². The van der Waals surface area contributed by atoms with Crippen LogP contribution < -0.4 is 14.8 Å². The predicted octanol–water partition coefficient (Wildman–Crippen LogP) is 1.74. The zero-order valence-electron chi connectivity index (χ0n) is 15.2. The van der Waals surface area contributed by atoms with Gasteiger partial charge < -0.3 is 19.5 Å². The lowest BCUT2D eigenvalue weighted by Crippen LogP contribution is -2.45. The van der Waals surface area contributed by atoms with Gasteiger partial charge in [-0.05, 0) is 29.8 Å². The van der Waals surface area contributed by atoms with Gasteiger partial charge >= 0.3 is 6.09 Å². The van der Waals surface area contributed by atoms with Crippen molar-refractivity contribution in [3.05, 3.63) is 53.9 Å². The average Bonchev–Trinajstić information content (AvgIpc) is 3.07. The molecule has 0 bridgehead atoms. The van der Waals surface area contributed by atoms with E-state index in [1.165, 1.54) is 4.90 Å². The predicted molar refractivity (Wildman–Crippen MR) is 96.3 cm³/mol. The summed E-state index contributed by atoms with van der Waals surface area (Å²) in [6, 6.07) is 10.1. The van der Waals surface area contributed by atoms with Crippen molar-refractivity contribution in [2.75, 3.05) is 20.8 Å². The molecule has 1 saturated heterocycles. The molecule has 8 nitrogen and oxygen atoms in total. The van der Waals surface area contributed by atoms with Crippen molar-refractivity contribution in [3.8, 4) is 11.5 Å². The molecule has 0 saturated carbocycles. The van der Waals surface area contributed by atoms with Gasteiger partial charge in [-0.15, -0.1) is 0 Å². The summed E-state index contributed by atoms with van der Waals surface area (Å²) in [6.07, 6.45) is 1.12. The Morgan fingerprint density at radius 2 is 2.00 bits per heavy atom. The molecule has 1 aliphatic heterocycles. The number of carbonyl (C=O) groups is 2. The number of nitrogens with zero attached hydrogens (tertiary/aromatic N) is 2. The van der Waals surface area contributed by atoms with Crippen LogP contribution in [-0.4, -0.2) is 48.8 Å². The Morgan fingerprint density at radius 3 is 2.63 bits per heavy atom. The fraction of sp³-hybridized carbons (Fsp3) is 0.316. The zero-order chi connectivity index (χ0) is 19.2. The topological polar surface area (TPSA) is 90.0 Å². The summed E-state index contributed by atoms with van der Waals surface area (Å²) in [5, 5.41) is 2.84. The molecule has 1 aromatic heterocycles. The number of nitrogens with one attached hydrogen (secondary N) is 1. The summed E-state index contributed by atoms with van der Waals surface area (Å²) in [5.41, 5.74) is 1.51. The van der Waals surface area contributed by atoms with Gasteiger partial charge in [0.25, 0.3) is 0 Å². The van der Waals surface area contributed by atoms with E-state index < -0.39 is 12.1 Å². The summed E-state index contributed by atoms with van der Waals surface area (Å²) >= 11 is 0. The number of hydrogen-bond donors (Lipinski definition) is 1. The Hall–Kier alpha value is -3.29. The highest BCUT2D eigenvalue weighted by atomic mass is 16.6. The Morgan fingerprint density at radius 1 is 1.26 bits per heavy atom. The molecular formula is C19H21N3O5. The number of cyclic esters (lactones) is 1. The number of amides is 2. The number of benzene rings is 1. The SMILES string of the molecule is COc1cc(CNC(=O)[C@@H]2COC(=O)N2Cc2ccccn2)cc(OC)c1. The quantitative estimate of drug-likeness (QED) is 0.797. The Kier molecular flexibility index (Phi) is 5.75. The molecule has 1 aliphatic rings. The normalized spacial score (nSPS) is 16.0. The van der Waals surface area contributed by atoms with E-state index in [1.807, 2.05) is 18.2 Å². The lowest BCUT2D eigenvalue weighted by Gasteiger charge is -2.20. The Bertz CT molecular complexity index is 790. The minimum absolute atomic E-state index is 0.0128. The van der Waals surface area contributed by atoms with Crippen LogP contribution in [0.5, 0.6) is 11.5 Å². The zero-order valence-corrected chi connectivity index (χ0v) is 15.2. The molecular weight excluding hydrogens is 350 g/mol. The summed E-state index contributed by atoms with van der Waals surface area (Å²) < 4.78 is 15.5. The molecule has 142 valence electrons. The number of methoxy groups -OCH3 is 2. The minimum atomic E-state index is -0.702. The van der Waals surface area contributed by atoms with Crippen molar-refractivity contribution < 1.29 is 23.8 Å². The van der Waals surface area contributed by atoms with Gasteiger partial charge in [0.1, 0.15) is 24.1 Å². The molecule has 0 spiro atoms. The van der Waals surface area contributed by atoms with Gasteiger partial charge in [-0.1, -0.05) is 6.07 Å². The van der Waals surface area contributed by atoms with E-state index in [-0.39, 0.29) is 25.6 Å². The number of rotatable bonds is 7. The van der Waals surface area contributed by atoms with Gasteiger partial charge in [0, 0.05) is 18.8 Å². The summed E-state index contributed by atoms with van der Waals surface area (Å²) in [4.78, 5) is 30.2. The number of ether oxygens (including phenoxy) is 3. The van der Waals surface area contributed by atoms with E-state index >= 15 is 0 Å². The van der Waals surface area contributed by atoms with Gasteiger partial charge in [-0.25, -0.2) is 4.79 Å². The molecule has 1 atom stereocenters. The van der Waals surface area contributed by atoms with Crippen LogP contribution >= 0.6 is 0 Å². The van der Waals surface area contributed by atoms with E-state index in [0.717, 1.165) is 5.56 Å². The molecule has 27 heavy (non-hydrogen) atoms. The summed E-state index contributed by atoms with van der Waals surface area (Å²) in [6.45, 7) is 0.498. The molecule has 0 aliphatic carbocycles. The van der Waals surface area contributed by atoms with E-state index in [0.29, 0.717) is 17.2 Å². The maximum atomic E-state index is 12.6.